The van der Waals surface area contributed by atoms with Gasteiger partial charge in [-0.15, -0.1) is 0 Å². The van der Waals surface area contributed by atoms with Crippen LogP contribution in [0, 0.1) is 12.7 Å². The molecule has 78 valence electrons. The molecule has 0 aliphatic carbocycles. The maximum atomic E-state index is 13.0. The molecule has 1 N–H and O–H groups in total. The average molecular weight is 204 g/mol. The highest BCUT2D eigenvalue weighted by atomic mass is 19.1. The average Bonchev–Trinajstić information content (AvgIpc) is 2.72. The van der Waals surface area contributed by atoms with Crippen molar-refractivity contribution < 1.29 is 4.39 Å². The van der Waals surface area contributed by atoms with Crippen molar-refractivity contribution in [1.29, 1.82) is 0 Å². The molecule has 3 heteroatoms. The Kier molecular flexibility index (Phi) is 2.72. The van der Waals surface area contributed by atoms with E-state index in [0.29, 0.717) is 6.54 Å². The van der Waals surface area contributed by atoms with Crippen molar-refractivity contribution in [3.05, 3.63) is 59.7 Å². The highest BCUT2D eigenvalue weighted by molar-refractivity contribution is 5.27. The first kappa shape index (κ1) is 9.77. The molecule has 0 bridgehead atoms. The van der Waals surface area contributed by atoms with Gasteiger partial charge in [0.15, 0.2) is 0 Å². The van der Waals surface area contributed by atoms with E-state index in [2.05, 4.69) is 5.43 Å². The normalized spacial score (nSPS) is 10.3. The molecule has 1 aromatic heterocycles. The van der Waals surface area contributed by atoms with Crippen LogP contribution in [0.4, 0.5) is 4.39 Å². The molecule has 2 nitrogen and oxygen atoms in total. The zero-order valence-corrected chi connectivity index (χ0v) is 8.57. The largest absolute Gasteiger partial charge is 0.322 e. The number of nitrogens with zero attached hydrogens (tertiary/aromatic N) is 1. The molecule has 0 fully saturated rings. The third-order valence-corrected chi connectivity index (χ3v) is 2.37. The summed E-state index contributed by atoms with van der Waals surface area (Å²) in [6, 6.07) is 8.71. The van der Waals surface area contributed by atoms with Crippen LogP contribution in [0.5, 0.6) is 0 Å². The van der Waals surface area contributed by atoms with Crippen molar-refractivity contribution >= 4 is 0 Å². The number of nitrogens with one attached hydrogen (secondary N) is 1. The van der Waals surface area contributed by atoms with Gasteiger partial charge in [0.2, 0.25) is 0 Å². The second-order valence-corrected chi connectivity index (χ2v) is 3.50. The SMILES string of the molecule is Cc1ccc(F)cc1CNn1cccc1. The summed E-state index contributed by atoms with van der Waals surface area (Å²) in [7, 11) is 0. The van der Waals surface area contributed by atoms with Gasteiger partial charge in [0, 0.05) is 12.4 Å². The van der Waals surface area contributed by atoms with Gasteiger partial charge in [-0.05, 0) is 42.3 Å². The Morgan fingerprint density at radius 1 is 1.27 bits per heavy atom. The zero-order chi connectivity index (χ0) is 10.7. The summed E-state index contributed by atoms with van der Waals surface area (Å²) in [5, 5.41) is 0. The quantitative estimate of drug-likeness (QED) is 0.813. The number of hydrogen-bond acceptors (Lipinski definition) is 1. The topological polar surface area (TPSA) is 17.0 Å². The van der Waals surface area contributed by atoms with Gasteiger partial charge in [-0.3, -0.25) is 4.68 Å². The van der Waals surface area contributed by atoms with Gasteiger partial charge in [0.05, 0.1) is 6.54 Å². The van der Waals surface area contributed by atoms with E-state index < -0.39 is 0 Å². The number of hydrogen-bond donors (Lipinski definition) is 1. The lowest BCUT2D eigenvalue weighted by molar-refractivity contribution is 0.624. The molecular formula is C12H13FN2. The molecule has 2 rings (SSSR count). The summed E-state index contributed by atoms with van der Waals surface area (Å²) < 4.78 is 14.8. The summed E-state index contributed by atoms with van der Waals surface area (Å²) in [5.41, 5.74) is 5.23. The molecule has 2 aromatic rings. The molecule has 0 radical (unpaired) electrons. The molecule has 0 unspecified atom stereocenters. The molecule has 0 spiro atoms. The fourth-order valence-corrected chi connectivity index (χ4v) is 1.45. The Morgan fingerprint density at radius 2 is 2.00 bits per heavy atom. The first-order valence-electron chi connectivity index (χ1n) is 4.87. The van der Waals surface area contributed by atoms with Crippen molar-refractivity contribution in [2.24, 2.45) is 0 Å². The maximum Gasteiger partial charge on any atom is 0.123 e. The standard InChI is InChI=1S/C12H13FN2/c1-10-4-5-12(13)8-11(10)9-14-15-6-2-3-7-15/h2-8,14H,9H2,1H3. The van der Waals surface area contributed by atoms with E-state index in [-0.39, 0.29) is 5.82 Å². The lowest BCUT2D eigenvalue weighted by atomic mass is 10.1. The molecule has 1 aromatic carbocycles. The summed E-state index contributed by atoms with van der Waals surface area (Å²) >= 11 is 0. The first-order chi connectivity index (χ1) is 7.25. The predicted octanol–water partition coefficient (Wildman–Crippen LogP) is 2.68. The molecule has 15 heavy (non-hydrogen) atoms. The van der Waals surface area contributed by atoms with Gasteiger partial charge >= 0.3 is 0 Å². The fourth-order valence-electron chi connectivity index (χ4n) is 1.45. The van der Waals surface area contributed by atoms with E-state index in [9.17, 15) is 4.39 Å². The monoisotopic (exact) mass is 204 g/mol. The highest BCUT2D eigenvalue weighted by Gasteiger charge is 1.99. The van der Waals surface area contributed by atoms with E-state index >= 15 is 0 Å². The van der Waals surface area contributed by atoms with Crippen LogP contribution >= 0.6 is 0 Å². The van der Waals surface area contributed by atoms with E-state index in [1.54, 1.807) is 12.1 Å². The molecular weight excluding hydrogens is 191 g/mol. The minimum atomic E-state index is -0.190. The third-order valence-electron chi connectivity index (χ3n) is 2.37. The Hall–Kier alpha value is -1.77. The summed E-state index contributed by atoms with van der Waals surface area (Å²) in [4.78, 5) is 0. The van der Waals surface area contributed by atoms with Gasteiger partial charge < -0.3 is 5.43 Å². The highest BCUT2D eigenvalue weighted by Crippen LogP contribution is 2.10. The lowest BCUT2D eigenvalue weighted by Gasteiger charge is -2.09. The summed E-state index contributed by atoms with van der Waals surface area (Å²) in [5.74, 6) is -0.190. The number of benzene rings is 1. The summed E-state index contributed by atoms with van der Waals surface area (Å²) in [6.45, 7) is 2.60. The van der Waals surface area contributed by atoms with Crippen molar-refractivity contribution in [3.8, 4) is 0 Å². The second kappa shape index (κ2) is 4.17. The lowest BCUT2D eigenvalue weighted by Crippen LogP contribution is -2.12. The minimum absolute atomic E-state index is 0.190. The molecule has 0 atom stereocenters. The minimum Gasteiger partial charge on any atom is -0.322 e. The first-order valence-corrected chi connectivity index (χ1v) is 4.87. The number of halogens is 1. The van der Waals surface area contributed by atoms with Crippen LogP contribution in [0.25, 0.3) is 0 Å². The van der Waals surface area contributed by atoms with Crippen LogP contribution in [0.15, 0.2) is 42.7 Å². The van der Waals surface area contributed by atoms with Crippen molar-refractivity contribution in [2.45, 2.75) is 13.5 Å². The number of aryl methyl sites for hydroxylation is 1. The van der Waals surface area contributed by atoms with Crippen LogP contribution < -0.4 is 5.43 Å². The predicted molar refractivity (Wildman–Crippen MR) is 58.6 cm³/mol. The molecule has 0 aliphatic rings. The van der Waals surface area contributed by atoms with Crippen molar-refractivity contribution in [1.82, 2.24) is 4.68 Å². The van der Waals surface area contributed by atoms with E-state index in [1.807, 2.05) is 36.1 Å². The van der Waals surface area contributed by atoms with Crippen LogP contribution in [0.2, 0.25) is 0 Å². The third kappa shape index (κ3) is 2.37. The van der Waals surface area contributed by atoms with Crippen molar-refractivity contribution in [3.63, 3.8) is 0 Å². The number of rotatable bonds is 3. The molecule has 0 amide bonds. The van der Waals surface area contributed by atoms with Gasteiger partial charge in [0.25, 0.3) is 0 Å². The van der Waals surface area contributed by atoms with Crippen molar-refractivity contribution in [2.75, 3.05) is 5.43 Å². The maximum absolute atomic E-state index is 13.0. The molecule has 0 saturated heterocycles. The van der Waals surface area contributed by atoms with Gasteiger partial charge in [-0.1, -0.05) is 6.07 Å². The van der Waals surface area contributed by atoms with Crippen LogP contribution in [0.1, 0.15) is 11.1 Å². The molecule has 0 aliphatic heterocycles. The Morgan fingerprint density at radius 3 is 2.73 bits per heavy atom. The second-order valence-electron chi connectivity index (χ2n) is 3.50. The van der Waals surface area contributed by atoms with Crippen LogP contribution in [-0.4, -0.2) is 4.68 Å². The van der Waals surface area contributed by atoms with Crippen LogP contribution in [-0.2, 0) is 6.54 Å². The molecule has 1 heterocycles. The Balaban J connectivity index is 2.07. The van der Waals surface area contributed by atoms with Gasteiger partial charge in [-0.2, -0.15) is 0 Å². The van der Waals surface area contributed by atoms with Gasteiger partial charge in [-0.25, -0.2) is 4.39 Å². The Bertz CT molecular complexity index is 435. The fraction of sp³-hybridized carbons (Fsp3) is 0.167. The smallest absolute Gasteiger partial charge is 0.123 e. The van der Waals surface area contributed by atoms with Gasteiger partial charge in [0.1, 0.15) is 5.82 Å². The molecule has 0 saturated carbocycles. The van der Waals surface area contributed by atoms with Crippen LogP contribution in [0.3, 0.4) is 0 Å². The zero-order valence-electron chi connectivity index (χ0n) is 8.57. The number of aromatic nitrogens is 1. The summed E-state index contributed by atoms with van der Waals surface area (Å²) in [6.07, 6.45) is 3.82. The van der Waals surface area contributed by atoms with E-state index in [0.717, 1.165) is 11.1 Å². The van der Waals surface area contributed by atoms with E-state index in [1.165, 1.54) is 6.07 Å². The van der Waals surface area contributed by atoms with E-state index in [4.69, 9.17) is 0 Å². The Labute approximate surface area is 88.3 Å².